The largest absolute Gasteiger partial charge is 0.480 e. The third-order valence-electron chi connectivity index (χ3n) is 3.71. The van der Waals surface area contributed by atoms with E-state index in [2.05, 4.69) is 0 Å². The molecule has 0 aromatic rings. The summed E-state index contributed by atoms with van der Waals surface area (Å²) in [6.45, 7) is 0. The van der Waals surface area contributed by atoms with Crippen molar-refractivity contribution in [1.82, 2.24) is 0 Å². The van der Waals surface area contributed by atoms with E-state index in [1.165, 1.54) is 0 Å². The fraction of sp³-hybridized carbons (Fsp3) is 0.778. The third kappa shape index (κ3) is 1.11. The van der Waals surface area contributed by atoms with E-state index in [1.807, 2.05) is 0 Å². The van der Waals surface area contributed by atoms with Crippen LogP contribution < -0.4 is 5.73 Å². The summed E-state index contributed by atoms with van der Waals surface area (Å²) in [6.07, 6.45) is 0.316. The van der Waals surface area contributed by atoms with Crippen LogP contribution in [0.4, 0.5) is 4.39 Å². The lowest BCUT2D eigenvalue weighted by molar-refractivity contribution is -0.162. The molecule has 2 bridgehead atoms. The molecule has 0 unspecified atom stereocenters. The molecule has 2 saturated carbocycles. The lowest BCUT2D eigenvalue weighted by Gasteiger charge is -2.36. The fourth-order valence-corrected chi connectivity index (χ4v) is 3.03. The van der Waals surface area contributed by atoms with Crippen LogP contribution in [0, 0.1) is 11.8 Å². The van der Waals surface area contributed by atoms with Crippen LogP contribution in [0.5, 0.6) is 0 Å². The Morgan fingerprint density at radius 3 is 2.27 bits per heavy atom. The number of rotatable bonds is 2. The number of carbonyl (C=O) groups is 2. The molecule has 0 saturated heterocycles. The second-order valence-corrected chi connectivity index (χ2v) is 4.58. The third-order valence-corrected chi connectivity index (χ3v) is 3.71. The number of carboxylic acids is 2. The van der Waals surface area contributed by atoms with Crippen LogP contribution in [0.2, 0.25) is 0 Å². The van der Waals surface area contributed by atoms with Crippen molar-refractivity contribution in [3.63, 3.8) is 0 Å². The smallest absolute Gasteiger partial charge is 0.341 e. The Bertz CT molecular complexity index is 317. The minimum Gasteiger partial charge on any atom is -0.480 e. The summed E-state index contributed by atoms with van der Waals surface area (Å²) >= 11 is 0. The van der Waals surface area contributed by atoms with E-state index >= 15 is 0 Å². The van der Waals surface area contributed by atoms with E-state index in [-0.39, 0.29) is 25.2 Å². The molecule has 84 valence electrons. The van der Waals surface area contributed by atoms with Crippen molar-refractivity contribution in [2.45, 2.75) is 30.5 Å². The van der Waals surface area contributed by atoms with Crippen molar-refractivity contribution in [1.29, 1.82) is 0 Å². The number of aliphatic carboxylic acids is 2. The SMILES string of the molecule is N[C@]1(C(=O)O)C[C@@H]2C[C@H]1[C@@](F)(C(=O)O)C2. The molecule has 6 heteroatoms. The van der Waals surface area contributed by atoms with Crippen molar-refractivity contribution in [3.05, 3.63) is 0 Å². The molecule has 0 aromatic carbocycles. The Morgan fingerprint density at radius 2 is 1.87 bits per heavy atom. The topological polar surface area (TPSA) is 101 Å². The standard InChI is InChI=1S/C9H12FNO4/c10-8(6(12)13)2-4-1-5(8)9(11,3-4)7(14)15/h4-5H,1-3,11H2,(H,12,13)(H,14,15)/t4-,5+,8-,9-/m1/s1. The van der Waals surface area contributed by atoms with Crippen LogP contribution in [-0.4, -0.2) is 33.4 Å². The number of hydrogen-bond donors (Lipinski definition) is 3. The fourth-order valence-electron chi connectivity index (χ4n) is 3.03. The van der Waals surface area contributed by atoms with Gasteiger partial charge in [0.2, 0.25) is 5.67 Å². The van der Waals surface area contributed by atoms with Crippen LogP contribution in [0.3, 0.4) is 0 Å². The molecule has 0 amide bonds. The Kier molecular flexibility index (Phi) is 1.86. The minimum atomic E-state index is -2.46. The zero-order chi connectivity index (χ0) is 11.4. The molecule has 0 spiro atoms. The van der Waals surface area contributed by atoms with Crippen LogP contribution in [0.25, 0.3) is 0 Å². The maximum Gasteiger partial charge on any atom is 0.341 e. The number of alkyl halides is 1. The quantitative estimate of drug-likeness (QED) is 0.604. The molecule has 0 radical (unpaired) electrons. The summed E-state index contributed by atoms with van der Waals surface area (Å²) in [5.41, 5.74) is 1.42. The molecule has 2 fully saturated rings. The van der Waals surface area contributed by atoms with Crippen molar-refractivity contribution in [2.24, 2.45) is 17.6 Å². The van der Waals surface area contributed by atoms with Gasteiger partial charge in [-0.25, -0.2) is 9.18 Å². The van der Waals surface area contributed by atoms with Crippen LogP contribution in [-0.2, 0) is 9.59 Å². The average Bonchev–Trinajstić information content (AvgIpc) is 2.59. The van der Waals surface area contributed by atoms with Gasteiger partial charge in [0.15, 0.2) is 0 Å². The molecule has 5 nitrogen and oxygen atoms in total. The van der Waals surface area contributed by atoms with Crippen LogP contribution >= 0.6 is 0 Å². The number of fused-ring (bicyclic) bond motifs is 2. The second kappa shape index (κ2) is 2.69. The highest BCUT2D eigenvalue weighted by molar-refractivity contribution is 5.85. The van der Waals surface area contributed by atoms with Gasteiger partial charge in [0.25, 0.3) is 0 Å². The van der Waals surface area contributed by atoms with E-state index in [1.54, 1.807) is 0 Å². The molecule has 0 aliphatic heterocycles. The number of carboxylic acid groups (broad SMARTS) is 2. The van der Waals surface area contributed by atoms with Crippen molar-refractivity contribution in [3.8, 4) is 0 Å². The predicted molar refractivity (Wildman–Crippen MR) is 46.9 cm³/mol. The maximum absolute atomic E-state index is 14.0. The number of nitrogens with two attached hydrogens (primary N) is 1. The highest BCUT2D eigenvalue weighted by Gasteiger charge is 2.68. The highest BCUT2D eigenvalue weighted by atomic mass is 19.1. The average molecular weight is 217 g/mol. The molecular formula is C9H12FNO4. The molecule has 4 atom stereocenters. The molecule has 2 rings (SSSR count). The lowest BCUT2D eigenvalue weighted by Crippen LogP contribution is -2.61. The van der Waals surface area contributed by atoms with Gasteiger partial charge in [0, 0.05) is 5.92 Å². The van der Waals surface area contributed by atoms with Gasteiger partial charge in [0.05, 0.1) is 0 Å². The molecule has 0 aromatic heterocycles. The van der Waals surface area contributed by atoms with Crippen LogP contribution in [0.15, 0.2) is 0 Å². The Balaban J connectivity index is 2.38. The summed E-state index contributed by atoms with van der Waals surface area (Å²) < 4.78 is 14.0. The Hall–Kier alpha value is -1.17. The van der Waals surface area contributed by atoms with Gasteiger partial charge >= 0.3 is 11.9 Å². The van der Waals surface area contributed by atoms with Gasteiger partial charge in [-0.15, -0.1) is 0 Å². The van der Waals surface area contributed by atoms with E-state index in [9.17, 15) is 14.0 Å². The van der Waals surface area contributed by atoms with E-state index < -0.39 is 29.1 Å². The minimum absolute atomic E-state index is 0.112. The monoisotopic (exact) mass is 217 g/mol. The normalized spacial score (nSPS) is 48.1. The summed E-state index contributed by atoms with van der Waals surface area (Å²) in [5, 5.41) is 17.7. The Morgan fingerprint density at radius 1 is 1.27 bits per heavy atom. The maximum atomic E-state index is 14.0. The molecule has 2 aliphatic carbocycles. The molecule has 2 aliphatic rings. The zero-order valence-corrected chi connectivity index (χ0v) is 7.94. The summed E-state index contributed by atoms with van der Waals surface area (Å²) in [7, 11) is 0. The molecular weight excluding hydrogens is 205 g/mol. The summed E-state index contributed by atoms with van der Waals surface area (Å²) in [5.74, 6) is -4.23. The van der Waals surface area contributed by atoms with E-state index in [4.69, 9.17) is 15.9 Å². The van der Waals surface area contributed by atoms with Gasteiger partial charge in [-0.1, -0.05) is 0 Å². The summed E-state index contributed by atoms with van der Waals surface area (Å²) in [4.78, 5) is 21.7. The predicted octanol–water partition coefficient (Wildman–Crippen LogP) is -0.00870. The van der Waals surface area contributed by atoms with E-state index in [0.717, 1.165) is 0 Å². The van der Waals surface area contributed by atoms with Gasteiger partial charge in [-0.2, -0.15) is 0 Å². The second-order valence-electron chi connectivity index (χ2n) is 4.58. The first-order chi connectivity index (χ1) is 6.80. The van der Waals surface area contributed by atoms with Crippen molar-refractivity contribution < 1.29 is 24.2 Å². The molecule has 4 N–H and O–H groups in total. The number of halogens is 1. The van der Waals surface area contributed by atoms with Crippen LogP contribution in [0.1, 0.15) is 19.3 Å². The summed E-state index contributed by atoms with van der Waals surface area (Å²) in [6, 6.07) is 0. The van der Waals surface area contributed by atoms with Crippen molar-refractivity contribution >= 4 is 11.9 Å². The number of hydrogen-bond acceptors (Lipinski definition) is 3. The van der Waals surface area contributed by atoms with Gasteiger partial charge in [0.1, 0.15) is 5.54 Å². The Labute approximate surface area is 85.1 Å². The first-order valence-electron chi connectivity index (χ1n) is 4.75. The lowest BCUT2D eigenvalue weighted by atomic mass is 9.73. The first kappa shape index (κ1) is 10.4. The molecule has 15 heavy (non-hydrogen) atoms. The van der Waals surface area contributed by atoms with Gasteiger partial charge in [-0.05, 0) is 25.2 Å². The highest BCUT2D eigenvalue weighted by Crippen LogP contribution is 2.56. The molecule has 0 heterocycles. The van der Waals surface area contributed by atoms with Gasteiger partial charge < -0.3 is 15.9 Å². The zero-order valence-electron chi connectivity index (χ0n) is 7.94. The van der Waals surface area contributed by atoms with Crippen molar-refractivity contribution in [2.75, 3.05) is 0 Å². The van der Waals surface area contributed by atoms with Gasteiger partial charge in [-0.3, -0.25) is 4.79 Å². The first-order valence-corrected chi connectivity index (χ1v) is 4.75. The van der Waals surface area contributed by atoms with E-state index in [0.29, 0.717) is 0 Å².